The summed E-state index contributed by atoms with van der Waals surface area (Å²) in [5, 5.41) is 4.47. The van der Waals surface area contributed by atoms with E-state index in [-0.39, 0.29) is 0 Å². The number of hydrazine groups is 1. The molecule has 1 aliphatic rings. The van der Waals surface area contributed by atoms with Crippen LogP contribution in [0.4, 0.5) is 5.82 Å². The van der Waals surface area contributed by atoms with Crippen LogP contribution < -0.4 is 11.3 Å². The van der Waals surface area contributed by atoms with Crippen molar-refractivity contribution < 1.29 is 0 Å². The summed E-state index contributed by atoms with van der Waals surface area (Å²) in [6, 6.07) is 1.97. The van der Waals surface area contributed by atoms with Gasteiger partial charge in [0.15, 0.2) is 5.82 Å². The number of aryl methyl sites for hydroxylation is 2. The number of rotatable bonds is 4. The predicted molar refractivity (Wildman–Crippen MR) is 82.6 cm³/mol. The quantitative estimate of drug-likeness (QED) is 0.666. The zero-order chi connectivity index (χ0) is 14.8. The highest BCUT2D eigenvalue weighted by Gasteiger charge is 2.21. The fraction of sp³-hybridized carbons (Fsp3) is 0.533. The standard InChI is InChI=1S/C15H22N6/c1-3-12-11(9-21(2)20-12)15-17-13(8-14(18-15)19-16)10-6-4-5-7-10/h8-10H,3-7,16H2,1-2H3,(H,17,18,19). The highest BCUT2D eigenvalue weighted by Crippen LogP contribution is 2.34. The molecule has 0 atom stereocenters. The summed E-state index contributed by atoms with van der Waals surface area (Å²) >= 11 is 0. The summed E-state index contributed by atoms with van der Waals surface area (Å²) in [4.78, 5) is 9.31. The molecular weight excluding hydrogens is 264 g/mol. The van der Waals surface area contributed by atoms with Crippen LogP contribution in [0.1, 0.15) is 49.9 Å². The summed E-state index contributed by atoms with van der Waals surface area (Å²) in [7, 11) is 1.92. The Hall–Kier alpha value is -1.95. The van der Waals surface area contributed by atoms with Gasteiger partial charge in [-0.15, -0.1) is 0 Å². The molecule has 112 valence electrons. The number of nitrogen functional groups attached to an aromatic ring is 1. The Morgan fingerprint density at radius 2 is 2.10 bits per heavy atom. The van der Waals surface area contributed by atoms with Gasteiger partial charge in [0.1, 0.15) is 5.82 Å². The molecule has 0 spiro atoms. The first-order chi connectivity index (χ1) is 10.2. The van der Waals surface area contributed by atoms with E-state index in [4.69, 9.17) is 10.8 Å². The lowest BCUT2D eigenvalue weighted by Gasteiger charge is -2.12. The topological polar surface area (TPSA) is 81.7 Å². The van der Waals surface area contributed by atoms with Gasteiger partial charge in [-0.1, -0.05) is 19.8 Å². The molecule has 1 fully saturated rings. The number of nitrogens with two attached hydrogens (primary N) is 1. The van der Waals surface area contributed by atoms with Crippen LogP contribution in [0.2, 0.25) is 0 Å². The third-order valence-corrected chi connectivity index (χ3v) is 4.15. The molecule has 3 rings (SSSR count). The Kier molecular flexibility index (Phi) is 3.88. The summed E-state index contributed by atoms with van der Waals surface area (Å²) in [5.41, 5.74) is 5.78. The first-order valence-electron chi connectivity index (χ1n) is 7.59. The van der Waals surface area contributed by atoms with Gasteiger partial charge in [-0.3, -0.25) is 4.68 Å². The largest absolute Gasteiger partial charge is 0.308 e. The van der Waals surface area contributed by atoms with E-state index in [1.165, 1.54) is 25.7 Å². The number of nitrogens with zero attached hydrogens (tertiary/aromatic N) is 4. The number of aromatic nitrogens is 4. The third-order valence-electron chi connectivity index (χ3n) is 4.15. The van der Waals surface area contributed by atoms with Crippen molar-refractivity contribution in [2.45, 2.75) is 44.9 Å². The average Bonchev–Trinajstić information content (AvgIpc) is 3.15. The molecule has 0 aliphatic heterocycles. The smallest absolute Gasteiger partial charge is 0.165 e. The lowest BCUT2D eigenvalue weighted by Crippen LogP contribution is -2.11. The SMILES string of the molecule is CCc1nn(C)cc1-c1nc(NN)cc(C2CCCC2)n1. The maximum atomic E-state index is 5.58. The minimum Gasteiger partial charge on any atom is -0.308 e. The third kappa shape index (κ3) is 2.76. The molecular formula is C15H22N6. The van der Waals surface area contributed by atoms with Crippen molar-refractivity contribution in [3.63, 3.8) is 0 Å². The van der Waals surface area contributed by atoms with Gasteiger partial charge >= 0.3 is 0 Å². The number of hydrogen-bond acceptors (Lipinski definition) is 5. The van der Waals surface area contributed by atoms with Crippen LogP contribution in [0, 0.1) is 0 Å². The van der Waals surface area contributed by atoms with Gasteiger partial charge in [0.2, 0.25) is 0 Å². The predicted octanol–water partition coefficient (Wildman–Crippen LogP) is 2.38. The molecule has 2 aromatic rings. The van der Waals surface area contributed by atoms with Crippen molar-refractivity contribution in [2.24, 2.45) is 12.9 Å². The Balaban J connectivity index is 2.06. The Morgan fingerprint density at radius 3 is 2.76 bits per heavy atom. The Labute approximate surface area is 124 Å². The molecule has 21 heavy (non-hydrogen) atoms. The highest BCUT2D eigenvalue weighted by atomic mass is 15.3. The molecule has 0 saturated heterocycles. The van der Waals surface area contributed by atoms with Crippen molar-refractivity contribution in [3.05, 3.63) is 23.7 Å². The summed E-state index contributed by atoms with van der Waals surface area (Å²) in [5.74, 6) is 7.50. The maximum Gasteiger partial charge on any atom is 0.165 e. The number of anilines is 1. The zero-order valence-corrected chi connectivity index (χ0v) is 12.6. The zero-order valence-electron chi connectivity index (χ0n) is 12.6. The second-order valence-electron chi connectivity index (χ2n) is 5.64. The van der Waals surface area contributed by atoms with Gasteiger partial charge in [0.05, 0.1) is 11.3 Å². The number of hydrogen-bond donors (Lipinski definition) is 2. The summed E-state index contributed by atoms with van der Waals surface area (Å²) in [6.07, 6.45) is 7.80. The molecule has 0 aromatic carbocycles. The fourth-order valence-corrected chi connectivity index (χ4v) is 3.07. The van der Waals surface area contributed by atoms with Crippen molar-refractivity contribution in [3.8, 4) is 11.4 Å². The second kappa shape index (κ2) is 5.81. The van der Waals surface area contributed by atoms with Gasteiger partial charge < -0.3 is 5.43 Å². The number of nitrogens with one attached hydrogen (secondary N) is 1. The maximum absolute atomic E-state index is 5.58. The summed E-state index contributed by atoms with van der Waals surface area (Å²) < 4.78 is 1.81. The highest BCUT2D eigenvalue weighted by molar-refractivity contribution is 5.59. The van der Waals surface area contributed by atoms with E-state index in [9.17, 15) is 0 Å². The molecule has 0 amide bonds. The van der Waals surface area contributed by atoms with Crippen molar-refractivity contribution in [1.82, 2.24) is 19.7 Å². The van der Waals surface area contributed by atoms with Gasteiger partial charge in [0, 0.05) is 30.9 Å². The molecule has 6 heteroatoms. The van der Waals surface area contributed by atoms with Crippen LogP contribution in [-0.2, 0) is 13.5 Å². The lowest BCUT2D eigenvalue weighted by molar-refractivity contribution is 0.695. The van der Waals surface area contributed by atoms with Crippen molar-refractivity contribution >= 4 is 5.82 Å². The van der Waals surface area contributed by atoms with E-state index in [0.29, 0.717) is 11.7 Å². The second-order valence-corrected chi connectivity index (χ2v) is 5.64. The van der Waals surface area contributed by atoms with Crippen LogP contribution in [0.15, 0.2) is 12.3 Å². The van der Waals surface area contributed by atoms with Crippen LogP contribution in [0.5, 0.6) is 0 Å². The molecule has 6 nitrogen and oxygen atoms in total. The molecule has 2 heterocycles. The molecule has 2 aromatic heterocycles. The van der Waals surface area contributed by atoms with Crippen molar-refractivity contribution in [1.29, 1.82) is 0 Å². The monoisotopic (exact) mass is 286 g/mol. The first-order valence-corrected chi connectivity index (χ1v) is 7.59. The van der Waals surface area contributed by atoms with E-state index in [1.54, 1.807) is 0 Å². The minimum atomic E-state index is 0.528. The molecule has 0 bridgehead atoms. The van der Waals surface area contributed by atoms with Gasteiger partial charge in [-0.25, -0.2) is 15.8 Å². The Morgan fingerprint density at radius 1 is 1.33 bits per heavy atom. The van der Waals surface area contributed by atoms with E-state index >= 15 is 0 Å². The normalized spacial score (nSPS) is 15.6. The average molecular weight is 286 g/mol. The molecule has 0 unspecified atom stereocenters. The summed E-state index contributed by atoms with van der Waals surface area (Å²) in [6.45, 7) is 2.09. The molecule has 1 saturated carbocycles. The van der Waals surface area contributed by atoms with E-state index < -0.39 is 0 Å². The van der Waals surface area contributed by atoms with E-state index in [1.807, 2.05) is 24.0 Å². The Bertz CT molecular complexity index is 627. The minimum absolute atomic E-state index is 0.528. The van der Waals surface area contributed by atoms with Crippen LogP contribution >= 0.6 is 0 Å². The van der Waals surface area contributed by atoms with E-state index in [2.05, 4.69) is 22.4 Å². The first kappa shape index (κ1) is 14.0. The molecule has 0 radical (unpaired) electrons. The van der Waals surface area contributed by atoms with Gasteiger partial charge in [-0.2, -0.15) is 5.10 Å². The van der Waals surface area contributed by atoms with Crippen LogP contribution in [0.25, 0.3) is 11.4 Å². The van der Waals surface area contributed by atoms with Gasteiger partial charge in [0.25, 0.3) is 0 Å². The lowest BCUT2D eigenvalue weighted by atomic mass is 10.0. The van der Waals surface area contributed by atoms with Crippen molar-refractivity contribution in [2.75, 3.05) is 5.43 Å². The molecule has 3 N–H and O–H groups in total. The van der Waals surface area contributed by atoms with E-state index in [0.717, 1.165) is 29.2 Å². The van der Waals surface area contributed by atoms with Crippen LogP contribution in [0.3, 0.4) is 0 Å². The van der Waals surface area contributed by atoms with Gasteiger partial charge in [-0.05, 0) is 19.3 Å². The molecule has 1 aliphatic carbocycles. The fourth-order valence-electron chi connectivity index (χ4n) is 3.07. The van der Waals surface area contributed by atoms with Crippen LogP contribution in [-0.4, -0.2) is 19.7 Å².